The van der Waals surface area contributed by atoms with Gasteiger partial charge in [0.05, 0.1) is 24.6 Å². The third-order valence-corrected chi connectivity index (χ3v) is 3.87. The first-order valence-electron chi connectivity index (χ1n) is 7.42. The molecule has 0 atom stereocenters. The molecule has 1 aromatic rings. The van der Waals surface area contributed by atoms with Crippen molar-refractivity contribution in [2.24, 2.45) is 5.73 Å². The maximum atomic E-state index is 12.4. The van der Waals surface area contributed by atoms with Gasteiger partial charge in [-0.2, -0.15) is 0 Å². The van der Waals surface area contributed by atoms with E-state index in [1.807, 2.05) is 35.2 Å². The summed E-state index contributed by atoms with van der Waals surface area (Å²) in [6.45, 7) is 0.758. The molecule has 0 unspecified atom stereocenters. The summed E-state index contributed by atoms with van der Waals surface area (Å²) in [4.78, 5) is 14.6. The molecule has 0 heterocycles. The van der Waals surface area contributed by atoms with Crippen LogP contribution >= 0.6 is 12.2 Å². The van der Waals surface area contributed by atoms with Crippen molar-refractivity contribution >= 4 is 23.1 Å². The Balaban J connectivity index is 1.84. The fourth-order valence-corrected chi connectivity index (χ4v) is 2.86. The van der Waals surface area contributed by atoms with Crippen LogP contribution in [-0.2, 0) is 4.79 Å². The van der Waals surface area contributed by atoms with E-state index in [9.17, 15) is 4.79 Å². The molecule has 1 aliphatic carbocycles. The lowest BCUT2D eigenvalue weighted by atomic mass is 10.2. The van der Waals surface area contributed by atoms with Gasteiger partial charge in [-0.15, -0.1) is 0 Å². The molecule has 1 aromatic carbocycles. The van der Waals surface area contributed by atoms with Crippen LogP contribution in [0.3, 0.4) is 0 Å². The lowest BCUT2D eigenvalue weighted by Crippen LogP contribution is -2.44. The van der Waals surface area contributed by atoms with E-state index in [0.29, 0.717) is 24.6 Å². The SMILES string of the molecule is NC(=S)CN(C(=O)CCOc1ccccc1)C1CCCC1. The normalized spacial score (nSPS) is 14.9. The monoisotopic (exact) mass is 306 g/mol. The van der Waals surface area contributed by atoms with Crippen molar-refractivity contribution in [3.63, 3.8) is 0 Å². The number of ether oxygens (including phenoxy) is 1. The maximum absolute atomic E-state index is 12.4. The Kier molecular flexibility index (Phi) is 5.99. The molecule has 0 spiro atoms. The summed E-state index contributed by atoms with van der Waals surface area (Å²) in [6, 6.07) is 9.81. The number of hydrogen-bond acceptors (Lipinski definition) is 3. The van der Waals surface area contributed by atoms with Gasteiger partial charge < -0.3 is 15.4 Å². The number of carbonyl (C=O) groups excluding carboxylic acids is 1. The van der Waals surface area contributed by atoms with Crippen molar-refractivity contribution in [3.8, 4) is 5.75 Å². The lowest BCUT2D eigenvalue weighted by Gasteiger charge is -2.28. The molecule has 1 amide bonds. The fourth-order valence-electron chi connectivity index (χ4n) is 2.72. The Bertz CT molecular complexity index is 472. The van der Waals surface area contributed by atoms with Crippen LogP contribution in [0.15, 0.2) is 30.3 Å². The molecule has 1 saturated carbocycles. The molecule has 0 aliphatic heterocycles. The molecule has 2 N–H and O–H groups in total. The number of nitrogens with two attached hydrogens (primary N) is 1. The van der Waals surface area contributed by atoms with Gasteiger partial charge in [0.15, 0.2) is 0 Å². The summed E-state index contributed by atoms with van der Waals surface area (Å²) in [5.41, 5.74) is 5.62. The minimum absolute atomic E-state index is 0.0747. The van der Waals surface area contributed by atoms with Gasteiger partial charge in [-0.1, -0.05) is 43.3 Å². The van der Waals surface area contributed by atoms with Gasteiger partial charge in [-0.25, -0.2) is 0 Å². The largest absolute Gasteiger partial charge is 0.493 e. The molecule has 4 nitrogen and oxygen atoms in total. The highest BCUT2D eigenvalue weighted by molar-refractivity contribution is 7.80. The highest BCUT2D eigenvalue weighted by Gasteiger charge is 2.26. The highest BCUT2D eigenvalue weighted by atomic mass is 32.1. The zero-order valence-electron chi connectivity index (χ0n) is 12.2. The van der Waals surface area contributed by atoms with Crippen LogP contribution in [0.25, 0.3) is 0 Å². The molecule has 114 valence electrons. The number of amides is 1. The van der Waals surface area contributed by atoms with Crippen LogP contribution in [0.2, 0.25) is 0 Å². The minimum atomic E-state index is 0.0747. The third kappa shape index (κ3) is 5.01. The average Bonchev–Trinajstić information content (AvgIpc) is 2.99. The molecule has 0 saturated heterocycles. The molecule has 5 heteroatoms. The average molecular weight is 306 g/mol. The number of carbonyl (C=O) groups is 1. The zero-order valence-corrected chi connectivity index (χ0v) is 13.0. The van der Waals surface area contributed by atoms with Crippen molar-refractivity contribution in [2.75, 3.05) is 13.2 Å². The maximum Gasteiger partial charge on any atom is 0.226 e. The van der Waals surface area contributed by atoms with Crippen LogP contribution in [0.5, 0.6) is 5.75 Å². The Morgan fingerprint density at radius 3 is 2.57 bits per heavy atom. The smallest absolute Gasteiger partial charge is 0.226 e. The van der Waals surface area contributed by atoms with Crippen LogP contribution in [0, 0.1) is 0 Å². The molecular formula is C16H22N2O2S. The van der Waals surface area contributed by atoms with E-state index in [-0.39, 0.29) is 11.9 Å². The van der Waals surface area contributed by atoms with Crippen molar-refractivity contribution in [2.45, 2.75) is 38.1 Å². The standard InChI is InChI=1S/C16H22N2O2S/c17-15(21)12-18(13-6-4-5-7-13)16(19)10-11-20-14-8-2-1-3-9-14/h1-3,8-9,13H,4-7,10-12H2,(H2,17,21). The summed E-state index contributed by atoms with van der Waals surface area (Å²) in [6.07, 6.45) is 4.80. The zero-order chi connectivity index (χ0) is 15.1. The van der Waals surface area contributed by atoms with E-state index in [2.05, 4.69) is 0 Å². The fraction of sp³-hybridized carbons (Fsp3) is 0.500. The van der Waals surface area contributed by atoms with Crippen molar-refractivity contribution < 1.29 is 9.53 Å². The summed E-state index contributed by atoms with van der Waals surface area (Å²) in [7, 11) is 0. The number of benzene rings is 1. The molecule has 21 heavy (non-hydrogen) atoms. The van der Waals surface area contributed by atoms with Gasteiger partial charge in [0, 0.05) is 6.04 Å². The number of hydrogen-bond donors (Lipinski definition) is 1. The van der Waals surface area contributed by atoms with E-state index in [1.165, 1.54) is 12.8 Å². The van der Waals surface area contributed by atoms with Crippen LogP contribution in [0.1, 0.15) is 32.1 Å². The predicted molar refractivity (Wildman–Crippen MR) is 87.3 cm³/mol. The van der Waals surface area contributed by atoms with E-state index in [4.69, 9.17) is 22.7 Å². The van der Waals surface area contributed by atoms with Crippen LogP contribution in [-0.4, -0.2) is 35.0 Å². The van der Waals surface area contributed by atoms with Crippen molar-refractivity contribution in [3.05, 3.63) is 30.3 Å². The molecule has 1 aliphatic rings. The van der Waals surface area contributed by atoms with Gasteiger partial charge in [-0.05, 0) is 25.0 Å². The topological polar surface area (TPSA) is 55.6 Å². The highest BCUT2D eigenvalue weighted by Crippen LogP contribution is 2.24. The lowest BCUT2D eigenvalue weighted by molar-refractivity contribution is -0.133. The Labute approximate surface area is 131 Å². The first-order chi connectivity index (χ1) is 10.2. The number of rotatable bonds is 7. The van der Waals surface area contributed by atoms with Crippen LogP contribution in [0.4, 0.5) is 0 Å². The molecule has 0 radical (unpaired) electrons. The molecule has 0 aromatic heterocycles. The first-order valence-corrected chi connectivity index (χ1v) is 7.83. The summed E-state index contributed by atoms with van der Waals surface area (Å²) >= 11 is 4.97. The second-order valence-corrected chi connectivity index (χ2v) is 5.86. The van der Waals surface area contributed by atoms with Gasteiger partial charge >= 0.3 is 0 Å². The van der Waals surface area contributed by atoms with E-state index < -0.39 is 0 Å². The Morgan fingerprint density at radius 2 is 1.95 bits per heavy atom. The summed E-state index contributed by atoms with van der Waals surface area (Å²) in [5, 5.41) is 0. The Morgan fingerprint density at radius 1 is 1.29 bits per heavy atom. The molecule has 2 rings (SSSR count). The third-order valence-electron chi connectivity index (χ3n) is 3.74. The number of para-hydroxylation sites is 1. The van der Waals surface area contributed by atoms with Crippen molar-refractivity contribution in [1.29, 1.82) is 0 Å². The summed E-state index contributed by atoms with van der Waals surface area (Å²) < 4.78 is 5.58. The van der Waals surface area contributed by atoms with Crippen LogP contribution < -0.4 is 10.5 Å². The summed E-state index contributed by atoms with van der Waals surface area (Å²) in [5.74, 6) is 0.859. The first kappa shape index (κ1) is 15.8. The predicted octanol–water partition coefficient (Wildman–Crippen LogP) is 2.51. The quantitative estimate of drug-likeness (QED) is 0.787. The Hall–Kier alpha value is -1.62. The number of thiocarbonyl (C=S) groups is 1. The molecular weight excluding hydrogens is 284 g/mol. The van der Waals surface area contributed by atoms with E-state index in [1.54, 1.807) is 0 Å². The van der Waals surface area contributed by atoms with E-state index in [0.717, 1.165) is 18.6 Å². The second kappa shape index (κ2) is 7.98. The second-order valence-electron chi connectivity index (χ2n) is 5.34. The van der Waals surface area contributed by atoms with Crippen molar-refractivity contribution in [1.82, 2.24) is 4.90 Å². The van der Waals surface area contributed by atoms with Gasteiger partial charge in [0.25, 0.3) is 0 Å². The number of nitrogens with zero attached hydrogens (tertiary/aromatic N) is 1. The van der Waals surface area contributed by atoms with Gasteiger partial charge in [0.2, 0.25) is 5.91 Å². The van der Waals surface area contributed by atoms with Gasteiger partial charge in [-0.3, -0.25) is 4.79 Å². The van der Waals surface area contributed by atoms with Gasteiger partial charge in [0.1, 0.15) is 5.75 Å². The van der Waals surface area contributed by atoms with E-state index >= 15 is 0 Å². The minimum Gasteiger partial charge on any atom is -0.493 e. The molecule has 1 fully saturated rings. The molecule has 0 bridgehead atoms.